The smallest absolute Gasteiger partial charge is 0.0945 e. The van der Waals surface area contributed by atoms with Crippen molar-refractivity contribution in [1.29, 1.82) is 0 Å². The van der Waals surface area contributed by atoms with E-state index in [9.17, 15) is 0 Å². The van der Waals surface area contributed by atoms with E-state index in [4.69, 9.17) is 0 Å². The third kappa shape index (κ3) is 10.3. The van der Waals surface area contributed by atoms with Gasteiger partial charge in [-0.05, 0) is 25.0 Å². The number of hydrogen-bond donors (Lipinski definition) is 0. The van der Waals surface area contributed by atoms with E-state index in [0.717, 1.165) is 11.8 Å². The van der Waals surface area contributed by atoms with E-state index in [1.54, 1.807) is 0 Å². The van der Waals surface area contributed by atoms with Crippen molar-refractivity contribution in [3.05, 3.63) is 18.7 Å². The minimum Gasteiger partial charge on any atom is -0.337 e. The summed E-state index contributed by atoms with van der Waals surface area (Å²) in [5, 5.41) is 0.838. The van der Waals surface area contributed by atoms with E-state index >= 15 is 0 Å². The van der Waals surface area contributed by atoms with Gasteiger partial charge in [0, 0.05) is 24.2 Å². The maximum Gasteiger partial charge on any atom is 0.0945 e. The average molecular weight is 325 g/mol. The number of rotatable bonds is 15. The van der Waals surface area contributed by atoms with Gasteiger partial charge in [-0.3, -0.25) is 0 Å². The molecule has 1 aromatic rings. The van der Waals surface area contributed by atoms with Crippen LogP contribution in [-0.2, 0) is 6.54 Å². The molecule has 1 aromatic heterocycles. The number of unbranched alkanes of at least 4 members (excludes halogenated alkanes) is 7. The molecule has 0 aliphatic rings. The van der Waals surface area contributed by atoms with Crippen molar-refractivity contribution in [3.8, 4) is 0 Å². The fraction of sp³-hybridized carbons (Fsp3) is 0.842. The molecule has 0 amide bonds. The van der Waals surface area contributed by atoms with E-state index in [-0.39, 0.29) is 0 Å². The molecule has 22 heavy (non-hydrogen) atoms. The van der Waals surface area contributed by atoms with Gasteiger partial charge in [-0.25, -0.2) is 4.98 Å². The largest absolute Gasteiger partial charge is 0.337 e. The van der Waals surface area contributed by atoms with Crippen LogP contribution >= 0.6 is 11.8 Å². The molecular formula is C19H36N2S. The van der Waals surface area contributed by atoms with Gasteiger partial charge >= 0.3 is 0 Å². The highest BCUT2D eigenvalue weighted by molar-refractivity contribution is 7.99. The summed E-state index contributed by atoms with van der Waals surface area (Å²) in [6.45, 7) is 5.71. The number of thioether (sulfide) groups is 1. The van der Waals surface area contributed by atoms with Crippen LogP contribution in [0.25, 0.3) is 0 Å². The molecule has 0 radical (unpaired) electrons. The summed E-state index contributed by atoms with van der Waals surface area (Å²) >= 11 is 2.22. The zero-order chi connectivity index (χ0) is 15.9. The van der Waals surface area contributed by atoms with Crippen LogP contribution in [0.3, 0.4) is 0 Å². The molecule has 0 saturated heterocycles. The minimum absolute atomic E-state index is 0.838. The Bertz CT molecular complexity index is 324. The molecule has 0 aromatic carbocycles. The van der Waals surface area contributed by atoms with E-state index in [0.29, 0.717) is 0 Å². The fourth-order valence-electron chi connectivity index (χ4n) is 2.78. The van der Waals surface area contributed by atoms with Crippen molar-refractivity contribution < 1.29 is 0 Å². The molecule has 0 aliphatic carbocycles. The van der Waals surface area contributed by atoms with Gasteiger partial charge < -0.3 is 4.57 Å². The maximum atomic E-state index is 4.14. The van der Waals surface area contributed by atoms with Crippen molar-refractivity contribution >= 4 is 11.8 Å². The summed E-state index contributed by atoms with van der Waals surface area (Å²) in [4.78, 5) is 4.14. The fourth-order valence-corrected chi connectivity index (χ4v) is 4.09. The predicted molar refractivity (Wildman–Crippen MR) is 101 cm³/mol. The molecule has 0 bridgehead atoms. The van der Waals surface area contributed by atoms with E-state index < -0.39 is 0 Å². The molecule has 2 nitrogen and oxygen atoms in total. The quantitative estimate of drug-likeness (QED) is 0.351. The van der Waals surface area contributed by atoms with Crippen LogP contribution in [0.2, 0.25) is 0 Å². The van der Waals surface area contributed by atoms with Crippen molar-refractivity contribution in [1.82, 2.24) is 9.55 Å². The second-order valence-corrected chi connectivity index (χ2v) is 7.75. The lowest BCUT2D eigenvalue weighted by molar-refractivity contribution is 0.568. The molecule has 3 heteroatoms. The minimum atomic E-state index is 0.838. The summed E-state index contributed by atoms with van der Waals surface area (Å²) in [7, 11) is 0. The van der Waals surface area contributed by atoms with Crippen molar-refractivity contribution in [3.63, 3.8) is 0 Å². The SMILES string of the molecule is CCCCCCCCSC(CCCCC)CCn1ccnc1. The Morgan fingerprint density at radius 3 is 2.36 bits per heavy atom. The standard InChI is InChI=1S/C19H36N2S/c1-3-5-7-8-9-11-17-22-19(12-10-6-4-2)13-15-21-16-14-20-18-21/h14,16,18-19H,3-13,15,17H2,1-2H3. The first-order chi connectivity index (χ1) is 10.9. The second kappa shape index (κ2) is 14.2. The first-order valence-corrected chi connectivity index (χ1v) is 10.5. The first kappa shape index (κ1) is 19.6. The van der Waals surface area contributed by atoms with Crippen molar-refractivity contribution in [2.45, 2.75) is 96.3 Å². The first-order valence-electron chi connectivity index (χ1n) is 9.44. The lowest BCUT2D eigenvalue weighted by Crippen LogP contribution is -2.08. The van der Waals surface area contributed by atoms with Crippen LogP contribution < -0.4 is 0 Å². The van der Waals surface area contributed by atoms with Gasteiger partial charge in [-0.15, -0.1) is 0 Å². The maximum absolute atomic E-state index is 4.14. The van der Waals surface area contributed by atoms with Gasteiger partial charge in [-0.2, -0.15) is 11.8 Å². The lowest BCUT2D eigenvalue weighted by Gasteiger charge is -2.17. The molecule has 1 rings (SSSR count). The lowest BCUT2D eigenvalue weighted by atomic mass is 10.1. The van der Waals surface area contributed by atoms with Crippen LogP contribution in [-0.4, -0.2) is 20.6 Å². The molecule has 1 unspecified atom stereocenters. The highest BCUT2D eigenvalue weighted by Crippen LogP contribution is 2.23. The van der Waals surface area contributed by atoms with Gasteiger partial charge in [0.2, 0.25) is 0 Å². The second-order valence-electron chi connectivity index (χ2n) is 6.35. The van der Waals surface area contributed by atoms with Crippen LogP contribution in [0, 0.1) is 0 Å². The van der Waals surface area contributed by atoms with Crippen LogP contribution in [0.1, 0.15) is 84.5 Å². The molecule has 0 aliphatic heterocycles. The highest BCUT2D eigenvalue weighted by atomic mass is 32.2. The molecule has 0 fully saturated rings. The molecule has 1 heterocycles. The molecular weight excluding hydrogens is 288 g/mol. The zero-order valence-corrected chi connectivity index (χ0v) is 15.6. The summed E-state index contributed by atoms with van der Waals surface area (Å²) < 4.78 is 2.22. The Labute approximate surface area is 142 Å². The Balaban J connectivity index is 2.13. The Kier molecular flexibility index (Phi) is 12.6. The summed E-state index contributed by atoms with van der Waals surface area (Å²) in [5.41, 5.74) is 0. The normalized spacial score (nSPS) is 12.6. The summed E-state index contributed by atoms with van der Waals surface area (Å²) in [5.74, 6) is 1.35. The number of hydrogen-bond acceptors (Lipinski definition) is 2. The number of imidazole rings is 1. The van der Waals surface area contributed by atoms with Gasteiger partial charge in [-0.1, -0.05) is 65.2 Å². The van der Waals surface area contributed by atoms with Crippen molar-refractivity contribution in [2.24, 2.45) is 0 Å². The number of aryl methyl sites for hydroxylation is 1. The average Bonchev–Trinajstić information content (AvgIpc) is 3.04. The molecule has 0 saturated carbocycles. The Morgan fingerprint density at radius 1 is 0.909 bits per heavy atom. The van der Waals surface area contributed by atoms with Crippen LogP contribution in [0.4, 0.5) is 0 Å². The molecule has 0 N–H and O–H groups in total. The third-order valence-electron chi connectivity index (χ3n) is 4.25. The number of nitrogens with zero attached hydrogens (tertiary/aromatic N) is 2. The summed E-state index contributed by atoms with van der Waals surface area (Å²) in [6.07, 6.45) is 21.2. The molecule has 1 atom stereocenters. The number of aromatic nitrogens is 2. The Morgan fingerprint density at radius 2 is 1.64 bits per heavy atom. The van der Waals surface area contributed by atoms with Gasteiger partial charge in [0.25, 0.3) is 0 Å². The van der Waals surface area contributed by atoms with Gasteiger partial charge in [0.1, 0.15) is 0 Å². The van der Waals surface area contributed by atoms with E-state index in [1.807, 2.05) is 12.5 Å². The van der Waals surface area contributed by atoms with Crippen molar-refractivity contribution in [2.75, 3.05) is 5.75 Å². The van der Waals surface area contributed by atoms with E-state index in [2.05, 4.69) is 41.4 Å². The monoisotopic (exact) mass is 324 g/mol. The third-order valence-corrected chi connectivity index (χ3v) is 5.72. The molecule has 128 valence electrons. The predicted octanol–water partition coefficient (Wildman–Crippen LogP) is 6.32. The zero-order valence-electron chi connectivity index (χ0n) is 14.8. The molecule has 0 spiro atoms. The topological polar surface area (TPSA) is 17.8 Å². The van der Waals surface area contributed by atoms with Crippen LogP contribution in [0.5, 0.6) is 0 Å². The highest BCUT2D eigenvalue weighted by Gasteiger charge is 2.09. The van der Waals surface area contributed by atoms with Gasteiger partial charge in [0.15, 0.2) is 0 Å². The summed E-state index contributed by atoms with van der Waals surface area (Å²) in [6, 6.07) is 0. The Hall–Kier alpha value is -0.440. The van der Waals surface area contributed by atoms with Gasteiger partial charge in [0.05, 0.1) is 6.33 Å². The van der Waals surface area contributed by atoms with Crippen LogP contribution in [0.15, 0.2) is 18.7 Å². The van der Waals surface area contributed by atoms with E-state index in [1.165, 1.54) is 76.4 Å².